The molecule has 0 aliphatic carbocycles. The van der Waals surface area contributed by atoms with Gasteiger partial charge >= 0.3 is 0 Å². The van der Waals surface area contributed by atoms with Crippen LogP contribution >= 0.6 is 24.8 Å². The van der Waals surface area contributed by atoms with Gasteiger partial charge in [0.05, 0.1) is 0 Å². The molecule has 1 amide bonds. The molecule has 1 atom stereocenters. The molecule has 0 aromatic carbocycles. The van der Waals surface area contributed by atoms with Crippen molar-refractivity contribution in [1.82, 2.24) is 19.7 Å². The smallest absolute Gasteiger partial charge is 0.272 e. The molecule has 2 N–H and O–H groups in total. The number of likely N-dealkylation sites (tertiary alicyclic amines) is 1. The van der Waals surface area contributed by atoms with Gasteiger partial charge in [-0.1, -0.05) is 6.07 Å². The molecular formula is C16H23Cl2N5O. The molecule has 8 heteroatoms. The van der Waals surface area contributed by atoms with Crippen molar-refractivity contribution in [3.8, 4) is 5.82 Å². The van der Waals surface area contributed by atoms with Crippen LogP contribution in [0.1, 0.15) is 30.3 Å². The van der Waals surface area contributed by atoms with Gasteiger partial charge in [0.15, 0.2) is 5.82 Å². The number of carbonyl (C=O) groups is 1. The van der Waals surface area contributed by atoms with Crippen LogP contribution in [0.15, 0.2) is 36.7 Å². The summed E-state index contributed by atoms with van der Waals surface area (Å²) < 4.78 is 1.65. The van der Waals surface area contributed by atoms with Gasteiger partial charge in [0.25, 0.3) is 5.91 Å². The van der Waals surface area contributed by atoms with Crippen LogP contribution in [0.25, 0.3) is 5.82 Å². The third kappa shape index (κ3) is 4.47. The minimum atomic E-state index is -0.0165. The summed E-state index contributed by atoms with van der Waals surface area (Å²) in [4.78, 5) is 18.9. The number of rotatable bonds is 3. The van der Waals surface area contributed by atoms with Gasteiger partial charge in [-0.05, 0) is 43.9 Å². The number of nitrogens with two attached hydrogens (primary N) is 1. The highest BCUT2D eigenvalue weighted by atomic mass is 35.5. The number of aromatic nitrogens is 3. The highest BCUT2D eigenvalue weighted by molar-refractivity contribution is 5.92. The average Bonchev–Trinajstić information content (AvgIpc) is 3.09. The molecule has 24 heavy (non-hydrogen) atoms. The Balaban J connectivity index is 0.00000144. The van der Waals surface area contributed by atoms with Crippen LogP contribution in [-0.2, 0) is 0 Å². The maximum atomic E-state index is 12.6. The standard InChI is InChI=1S/C16H21N5O.2ClH/c1-12(17)13-6-10-20(11-7-13)16(22)14-4-2-5-15(19-14)21-9-3-8-18-21;;/h2-5,8-9,12-13H,6-7,10-11,17H2,1H3;2*1H. The number of hydrogen-bond donors (Lipinski definition) is 1. The maximum absolute atomic E-state index is 12.6. The fourth-order valence-electron chi connectivity index (χ4n) is 2.86. The van der Waals surface area contributed by atoms with Gasteiger partial charge in [0.1, 0.15) is 5.69 Å². The van der Waals surface area contributed by atoms with Crippen molar-refractivity contribution in [2.45, 2.75) is 25.8 Å². The molecular weight excluding hydrogens is 349 g/mol. The lowest BCUT2D eigenvalue weighted by Gasteiger charge is -2.33. The van der Waals surface area contributed by atoms with Crippen molar-refractivity contribution in [1.29, 1.82) is 0 Å². The van der Waals surface area contributed by atoms with Crippen molar-refractivity contribution in [2.24, 2.45) is 11.7 Å². The first-order chi connectivity index (χ1) is 10.6. The highest BCUT2D eigenvalue weighted by Crippen LogP contribution is 2.20. The molecule has 1 aliphatic rings. The van der Waals surface area contributed by atoms with Crippen LogP contribution in [0, 0.1) is 5.92 Å². The summed E-state index contributed by atoms with van der Waals surface area (Å²) in [5.41, 5.74) is 6.41. The van der Waals surface area contributed by atoms with Gasteiger partial charge in [-0.25, -0.2) is 9.67 Å². The topological polar surface area (TPSA) is 77.0 Å². The first-order valence-electron chi connectivity index (χ1n) is 7.67. The molecule has 3 rings (SSSR count). The average molecular weight is 372 g/mol. The summed E-state index contributed by atoms with van der Waals surface area (Å²) in [6.07, 6.45) is 5.42. The Morgan fingerprint density at radius 1 is 1.25 bits per heavy atom. The normalized spacial score (nSPS) is 16.0. The summed E-state index contributed by atoms with van der Waals surface area (Å²) in [6, 6.07) is 7.46. The maximum Gasteiger partial charge on any atom is 0.272 e. The summed E-state index contributed by atoms with van der Waals surface area (Å²) in [5, 5.41) is 4.14. The molecule has 2 aromatic rings. The zero-order valence-electron chi connectivity index (χ0n) is 13.5. The van der Waals surface area contributed by atoms with E-state index in [9.17, 15) is 4.79 Å². The fraction of sp³-hybridized carbons (Fsp3) is 0.438. The number of nitrogens with zero attached hydrogens (tertiary/aromatic N) is 4. The second kappa shape index (κ2) is 9.01. The first kappa shape index (κ1) is 20.4. The Labute approximate surface area is 154 Å². The van der Waals surface area contributed by atoms with E-state index in [0.29, 0.717) is 17.4 Å². The summed E-state index contributed by atoms with van der Waals surface area (Å²) >= 11 is 0. The largest absolute Gasteiger partial charge is 0.337 e. The van der Waals surface area contributed by atoms with Gasteiger partial charge < -0.3 is 10.6 Å². The molecule has 3 heterocycles. The molecule has 0 saturated carbocycles. The summed E-state index contributed by atoms with van der Waals surface area (Å²) in [7, 11) is 0. The van der Waals surface area contributed by atoms with E-state index in [-0.39, 0.29) is 36.8 Å². The van der Waals surface area contributed by atoms with Crippen molar-refractivity contribution < 1.29 is 4.79 Å². The first-order valence-corrected chi connectivity index (χ1v) is 7.67. The molecule has 2 aromatic heterocycles. The summed E-state index contributed by atoms with van der Waals surface area (Å²) in [6.45, 7) is 3.54. The van der Waals surface area contributed by atoms with E-state index in [2.05, 4.69) is 10.1 Å². The zero-order valence-corrected chi connectivity index (χ0v) is 15.2. The SMILES string of the molecule is CC(N)C1CCN(C(=O)c2cccc(-n3cccn3)n2)CC1.Cl.Cl. The van der Waals surface area contributed by atoms with E-state index >= 15 is 0 Å². The minimum absolute atomic E-state index is 0. The minimum Gasteiger partial charge on any atom is -0.337 e. The Kier molecular flexibility index (Phi) is 7.66. The highest BCUT2D eigenvalue weighted by Gasteiger charge is 2.26. The number of amides is 1. The van der Waals surface area contributed by atoms with E-state index in [4.69, 9.17) is 5.73 Å². The quantitative estimate of drug-likeness (QED) is 0.897. The van der Waals surface area contributed by atoms with Crippen LogP contribution in [0.4, 0.5) is 0 Å². The van der Waals surface area contributed by atoms with E-state index in [1.54, 1.807) is 16.9 Å². The molecule has 0 bridgehead atoms. The molecule has 1 fully saturated rings. The molecule has 6 nitrogen and oxygen atoms in total. The number of pyridine rings is 1. The molecule has 0 radical (unpaired) electrons. The summed E-state index contributed by atoms with van der Waals surface area (Å²) in [5.74, 6) is 1.14. The molecule has 0 spiro atoms. The Bertz CT molecular complexity index is 640. The van der Waals surface area contributed by atoms with Crippen LogP contribution in [0.3, 0.4) is 0 Å². The Morgan fingerprint density at radius 3 is 2.54 bits per heavy atom. The lowest BCUT2D eigenvalue weighted by atomic mass is 9.91. The van der Waals surface area contributed by atoms with Gasteiger partial charge in [0, 0.05) is 31.5 Å². The third-order valence-corrected chi connectivity index (χ3v) is 4.26. The number of hydrogen-bond acceptors (Lipinski definition) is 4. The van der Waals surface area contributed by atoms with E-state index < -0.39 is 0 Å². The molecule has 1 unspecified atom stereocenters. The lowest BCUT2D eigenvalue weighted by molar-refractivity contribution is 0.0675. The second-order valence-electron chi connectivity index (χ2n) is 5.82. The van der Waals surface area contributed by atoms with Crippen molar-refractivity contribution >= 4 is 30.7 Å². The molecule has 1 aliphatic heterocycles. The Morgan fingerprint density at radius 2 is 1.96 bits per heavy atom. The predicted molar refractivity (Wildman–Crippen MR) is 98.1 cm³/mol. The lowest BCUT2D eigenvalue weighted by Crippen LogP contribution is -2.42. The Hall–Kier alpha value is -1.63. The predicted octanol–water partition coefficient (Wildman–Crippen LogP) is 2.31. The second-order valence-corrected chi connectivity index (χ2v) is 5.82. The zero-order chi connectivity index (χ0) is 15.5. The van der Waals surface area contributed by atoms with Crippen molar-refractivity contribution in [3.05, 3.63) is 42.4 Å². The van der Waals surface area contributed by atoms with Crippen molar-refractivity contribution in [2.75, 3.05) is 13.1 Å². The van der Waals surface area contributed by atoms with Gasteiger partial charge in [-0.15, -0.1) is 24.8 Å². The number of halogens is 2. The van der Waals surface area contributed by atoms with Gasteiger partial charge in [-0.2, -0.15) is 5.10 Å². The van der Waals surface area contributed by atoms with Gasteiger partial charge in [0.2, 0.25) is 0 Å². The van der Waals surface area contributed by atoms with Crippen LogP contribution in [0.2, 0.25) is 0 Å². The van der Waals surface area contributed by atoms with Crippen LogP contribution in [0.5, 0.6) is 0 Å². The van der Waals surface area contributed by atoms with E-state index in [0.717, 1.165) is 25.9 Å². The molecule has 1 saturated heterocycles. The van der Waals surface area contributed by atoms with Crippen LogP contribution in [-0.4, -0.2) is 44.7 Å². The van der Waals surface area contributed by atoms with E-state index in [1.807, 2.05) is 36.2 Å². The third-order valence-electron chi connectivity index (χ3n) is 4.26. The van der Waals surface area contributed by atoms with Crippen molar-refractivity contribution in [3.63, 3.8) is 0 Å². The fourth-order valence-corrected chi connectivity index (χ4v) is 2.86. The number of carbonyl (C=O) groups excluding carboxylic acids is 1. The monoisotopic (exact) mass is 371 g/mol. The van der Waals surface area contributed by atoms with Crippen LogP contribution < -0.4 is 5.73 Å². The molecule has 132 valence electrons. The van der Waals surface area contributed by atoms with Gasteiger partial charge in [-0.3, -0.25) is 4.79 Å². The van der Waals surface area contributed by atoms with E-state index in [1.165, 1.54) is 0 Å². The number of piperidine rings is 1.